The van der Waals surface area contributed by atoms with E-state index in [2.05, 4.69) is 15.5 Å². The minimum atomic E-state index is -4.67. The summed E-state index contributed by atoms with van der Waals surface area (Å²) in [5, 5.41) is 25.3. The summed E-state index contributed by atoms with van der Waals surface area (Å²) >= 11 is 12.2. The molecule has 0 aromatic heterocycles. The van der Waals surface area contributed by atoms with Gasteiger partial charge in [-0.3, -0.25) is 9.35 Å². The molecule has 0 saturated carbocycles. The van der Waals surface area contributed by atoms with Crippen LogP contribution in [0, 0.1) is 6.92 Å². The molecule has 0 atom stereocenters. The molecule has 13 heteroatoms. The van der Waals surface area contributed by atoms with Gasteiger partial charge in [0, 0.05) is 16.0 Å². The molecule has 0 bridgehead atoms. The van der Waals surface area contributed by atoms with Crippen LogP contribution < -0.4 is 44.7 Å². The van der Waals surface area contributed by atoms with E-state index in [1.165, 1.54) is 19.2 Å². The summed E-state index contributed by atoms with van der Waals surface area (Å²) in [5.41, 5.74) is -0.0906. The van der Waals surface area contributed by atoms with Crippen molar-refractivity contribution in [3.8, 4) is 11.5 Å². The van der Waals surface area contributed by atoms with E-state index in [1.807, 2.05) is 0 Å². The number of para-hydroxylation sites is 1. The van der Waals surface area contributed by atoms with E-state index >= 15 is 0 Å². The van der Waals surface area contributed by atoms with Crippen molar-refractivity contribution in [1.29, 1.82) is 0 Å². The fraction of sp³-hybridized carbons (Fsp3) is 0.0800. The largest absolute Gasteiger partial charge is 1.00 e. The maximum absolute atomic E-state index is 13.4. The molecule has 4 aromatic rings. The number of aryl methyl sites for hydroxylation is 1. The first-order valence-corrected chi connectivity index (χ1v) is 12.8. The van der Waals surface area contributed by atoms with Gasteiger partial charge in [-0.25, -0.2) is 0 Å². The summed E-state index contributed by atoms with van der Waals surface area (Å²) in [6, 6.07) is 15.2. The number of fused-ring (bicyclic) bond motifs is 1. The van der Waals surface area contributed by atoms with Crippen molar-refractivity contribution >= 4 is 67.1 Å². The first-order valence-electron chi connectivity index (χ1n) is 10.6. The first kappa shape index (κ1) is 29.9. The van der Waals surface area contributed by atoms with Crippen LogP contribution in [-0.4, -0.2) is 26.0 Å². The number of rotatable bonds is 6. The average Bonchev–Trinajstić information content (AvgIpc) is 2.84. The van der Waals surface area contributed by atoms with Crippen LogP contribution in [0.3, 0.4) is 0 Å². The van der Waals surface area contributed by atoms with Gasteiger partial charge >= 0.3 is 29.6 Å². The van der Waals surface area contributed by atoms with Crippen LogP contribution in [0.2, 0.25) is 10.0 Å². The molecule has 0 heterocycles. The van der Waals surface area contributed by atoms with Gasteiger partial charge in [-0.15, -0.1) is 5.11 Å². The molecule has 1 amide bonds. The monoisotopic (exact) mass is 581 g/mol. The zero-order chi connectivity index (χ0) is 26.9. The second-order valence-corrected chi connectivity index (χ2v) is 10.0. The Hall–Kier alpha value is -2.70. The molecule has 190 valence electrons. The molecule has 0 saturated heterocycles. The van der Waals surface area contributed by atoms with Crippen molar-refractivity contribution in [2.75, 3.05) is 12.4 Å². The number of azo groups is 1. The third-order valence-corrected chi connectivity index (χ3v) is 7.00. The average molecular weight is 582 g/mol. The molecule has 2 N–H and O–H groups in total. The van der Waals surface area contributed by atoms with Crippen molar-refractivity contribution in [3.05, 3.63) is 81.8 Å². The number of methoxy groups -OCH3 is 1. The van der Waals surface area contributed by atoms with E-state index in [0.29, 0.717) is 16.3 Å². The molecular formula is C25H18Cl2N3NaO6S. The minimum Gasteiger partial charge on any atom is -0.870 e. The number of carbonyl (C=O) groups excluding carboxylic acids is 1. The van der Waals surface area contributed by atoms with Crippen LogP contribution in [0.5, 0.6) is 11.5 Å². The second-order valence-electron chi connectivity index (χ2n) is 7.84. The zero-order valence-electron chi connectivity index (χ0n) is 20.3. The van der Waals surface area contributed by atoms with E-state index in [4.69, 9.17) is 27.9 Å². The third-order valence-electron chi connectivity index (χ3n) is 5.42. The molecule has 0 aliphatic carbocycles. The number of halogens is 2. The Bertz CT molecular complexity index is 1700. The first-order chi connectivity index (χ1) is 17.5. The molecule has 0 radical (unpaired) electrons. The van der Waals surface area contributed by atoms with Crippen molar-refractivity contribution in [3.63, 3.8) is 0 Å². The van der Waals surface area contributed by atoms with Gasteiger partial charge in [-0.05, 0) is 48.2 Å². The molecule has 9 nitrogen and oxygen atoms in total. The van der Waals surface area contributed by atoms with Gasteiger partial charge < -0.3 is 15.2 Å². The second kappa shape index (κ2) is 12.0. The van der Waals surface area contributed by atoms with E-state index in [9.17, 15) is 22.9 Å². The van der Waals surface area contributed by atoms with Gasteiger partial charge in [0.05, 0.1) is 23.5 Å². The number of nitrogens with one attached hydrogen (secondary N) is 1. The SMILES string of the molecule is COc1c(Cl)cccc1NC(=O)c1cc2ccccc2c(N=Nc2cc(Cl)c(C)cc2S(=O)(=O)O)c1[O-].[Na+]. The molecule has 0 aliphatic heterocycles. The Balaban J connectivity index is 0.00000400. The zero-order valence-corrected chi connectivity index (χ0v) is 24.6. The summed E-state index contributed by atoms with van der Waals surface area (Å²) in [6.45, 7) is 1.55. The van der Waals surface area contributed by atoms with E-state index in [1.54, 1.807) is 49.4 Å². The van der Waals surface area contributed by atoms with Gasteiger partial charge in [-0.2, -0.15) is 13.5 Å². The number of benzene rings is 4. The Morgan fingerprint density at radius 2 is 1.74 bits per heavy atom. The standard InChI is InChI=1S/C25H19Cl2N3O6S.Na/c1-13-10-21(37(33,34)35)20(12-18(13)27)29-30-22-15-7-4-3-6-14(15)11-16(23(22)31)25(32)28-19-9-5-8-17(26)24(19)36-2;/h3-12,31H,1-2H3,(H,28,32)(H,33,34,35);/q;+1/p-1. The Morgan fingerprint density at radius 1 is 1.03 bits per heavy atom. The van der Waals surface area contributed by atoms with Crippen molar-refractivity contribution in [2.24, 2.45) is 10.2 Å². The molecule has 4 aromatic carbocycles. The van der Waals surface area contributed by atoms with Crippen LogP contribution >= 0.6 is 23.2 Å². The summed E-state index contributed by atoms with van der Waals surface area (Å²) < 4.78 is 38.6. The quantitative estimate of drug-likeness (QED) is 0.203. The fourth-order valence-electron chi connectivity index (χ4n) is 3.61. The number of nitrogens with zero attached hydrogens (tertiary/aromatic N) is 2. The van der Waals surface area contributed by atoms with Crippen LogP contribution in [-0.2, 0) is 10.1 Å². The third kappa shape index (κ3) is 6.13. The number of ether oxygens (including phenoxy) is 1. The van der Waals surface area contributed by atoms with Crippen LogP contribution in [0.1, 0.15) is 15.9 Å². The predicted octanol–water partition coefficient (Wildman–Crippen LogP) is 3.46. The number of carbonyl (C=O) groups is 1. The smallest absolute Gasteiger partial charge is 0.870 e. The molecule has 38 heavy (non-hydrogen) atoms. The number of amides is 1. The Labute approximate surface area is 250 Å². The van der Waals surface area contributed by atoms with Crippen molar-refractivity contribution in [2.45, 2.75) is 11.8 Å². The van der Waals surface area contributed by atoms with E-state index in [0.717, 1.165) is 6.07 Å². The van der Waals surface area contributed by atoms with E-state index in [-0.39, 0.29) is 68.0 Å². The van der Waals surface area contributed by atoms with Crippen LogP contribution in [0.4, 0.5) is 17.1 Å². The number of anilines is 1. The topological polar surface area (TPSA) is 140 Å². The van der Waals surface area contributed by atoms with Gasteiger partial charge in [0.25, 0.3) is 16.0 Å². The van der Waals surface area contributed by atoms with Crippen LogP contribution in [0.25, 0.3) is 10.8 Å². The van der Waals surface area contributed by atoms with Crippen molar-refractivity contribution in [1.82, 2.24) is 0 Å². The maximum atomic E-state index is 13.4. The summed E-state index contributed by atoms with van der Waals surface area (Å²) in [4.78, 5) is 12.6. The number of hydrogen-bond acceptors (Lipinski definition) is 7. The molecule has 0 fully saturated rings. The molecule has 0 unspecified atom stereocenters. The maximum Gasteiger partial charge on any atom is 1.00 e. The molecule has 4 rings (SSSR count). The van der Waals surface area contributed by atoms with Gasteiger partial charge in [0.1, 0.15) is 10.6 Å². The minimum absolute atomic E-state index is 0. The molecule has 0 aliphatic rings. The molecular weight excluding hydrogens is 564 g/mol. The summed E-state index contributed by atoms with van der Waals surface area (Å²) in [6.07, 6.45) is 0. The van der Waals surface area contributed by atoms with Gasteiger partial charge in [-0.1, -0.05) is 59.3 Å². The van der Waals surface area contributed by atoms with E-state index < -0.39 is 26.7 Å². The molecule has 0 spiro atoms. The normalized spacial score (nSPS) is 11.4. The fourth-order valence-corrected chi connectivity index (χ4v) is 4.71. The Kier molecular flexibility index (Phi) is 9.43. The predicted molar refractivity (Wildman–Crippen MR) is 140 cm³/mol. The summed E-state index contributed by atoms with van der Waals surface area (Å²) in [5.74, 6) is -1.28. The number of hydrogen-bond donors (Lipinski definition) is 2. The van der Waals surface area contributed by atoms with Crippen molar-refractivity contribution < 1.29 is 57.2 Å². The summed E-state index contributed by atoms with van der Waals surface area (Å²) in [7, 11) is -3.28. The Morgan fingerprint density at radius 3 is 2.42 bits per heavy atom. The van der Waals surface area contributed by atoms with Gasteiger partial charge in [0.2, 0.25) is 0 Å². The van der Waals surface area contributed by atoms with Crippen LogP contribution in [0.15, 0.2) is 75.8 Å². The van der Waals surface area contributed by atoms with Gasteiger partial charge in [0.15, 0.2) is 5.75 Å².